The zero-order chi connectivity index (χ0) is 13.0. The van der Waals surface area contributed by atoms with Crippen molar-refractivity contribution in [3.63, 3.8) is 0 Å². The van der Waals surface area contributed by atoms with Crippen LogP contribution in [0.15, 0.2) is 4.47 Å². The fraction of sp³-hybridized carbons (Fsp3) is 0.615. The van der Waals surface area contributed by atoms with Crippen molar-refractivity contribution in [3.05, 3.63) is 21.4 Å². The number of nitrogens with zero attached hydrogens (tertiary/aromatic N) is 1. The summed E-state index contributed by atoms with van der Waals surface area (Å²) >= 11 is 3.55. The van der Waals surface area contributed by atoms with Crippen molar-refractivity contribution in [2.24, 2.45) is 0 Å². The van der Waals surface area contributed by atoms with Crippen LogP contribution in [0.3, 0.4) is 0 Å². The fourth-order valence-corrected chi connectivity index (χ4v) is 3.01. The van der Waals surface area contributed by atoms with Gasteiger partial charge in [0.25, 0.3) is 0 Å². The maximum Gasteiger partial charge on any atom is 0.153 e. The average Bonchev–Trinajstić information content (AvgIpc) is 2.56. The summed E-state index contributed by atoms with van der Waals surface area (Å²) < 4.78 is 8.25. The molecule has 1 atom stereocenters. The molecule has 0 spiro atoms. The molecule has 0 aliphatic carbocycles. The van der Waals surface area contributed by atoms with E-state index in [0.29, 0.717) is 12.5 Å². The Balaban J connectivity index is 3.27. The quantitative estimate of drug-likeness (QED) is 0.753. The summed E-state index contributed by atoms with van der Waals surface area (Å²) in [4.78, 5) is 11.1. The van der Waals surface area contributed by atoms with Crippen molar-refractivity contribution in [1.82, 2.24) is 4.57 Å². The molecule has 0 saturated carbocycles. The Kier molecular flexibility index (Phi) is 5.40. The molecule has 3 nitrogen and oxygen atoms in total. The average molecular weight is 302 g/mol. The van der Waals surface area contributed by atoms with Gasteiger partial charge in [0.2, 0.25) is 0 Å². The molecule has 1 aromatic rings. The van der Waals surface area contributed by atoms with Gasteiger partial charge in [-0.15, -0.1) is 0 Å². The van der Waals surface area contributed by atoms with Gasteiger partial charge in [-0.2, -0.15) is 0 Å². The van der Waals surface area contributed by atoms with Gasteiger partial charge in [-0.3, -0.25) is 4.79 Å². The highest BCUT2D eigenvalue weighted by atomic mass is 79.9. The van der Waals surface area contributed by atoms with E-state index < -0.39 is 0 Å². The molecular formula is C13H20BrNO2. The molecule has 0 amide bonds. The molecule has 0 aromatic carbocycles. The summed E-state index contributed by atoms with van der Waals surface area (Å²) in [5, 5.41) is 0. The van der Waals surface area contributed by atoms with Crippen LogP contribution in [0.5, 0.6) is 0 Å². The lowest BCUT2D eigenvalue weighted by Crippen LogP contribution is -2.11. The van der Waals surface area contributed by atoms with Crippen molar-refractivity contribution in [3.8, 4) is 0 Å². The Morgan fingerprint density at radius 1 is 1.53 bits per heavy atom. The maximum absolute atomic E-state index is 11.1. The van der Waals surface area contributed by atoms with E-state index in [2.05, 4.69) is 34.3 Å². The number of hydrogen-bond donors (Lipinski definition) is 0. The van der Waals surface area contributed by atoms with Gasteiger partial charge in [0.05, 0.1) is 6.61 Å². The lowest BCUT2D eigenvalue weighted by atomic mass is 10.0. The Morgan fingerprint density at radius 3 is 2.65 bits per heavy atom. The third kappa shape index (κ3) is 2.80. The number of hydrogen-bond acceptors (Lipinski definition) is 2. The van der Waals surface area contributed by atoms with Gasteiger partial charge >= 0.3 is 0 Å². The van der Waals surface area contributed by atoms with E-state index in [1.807, 2.05) is 6.92 Å². The van der Waals surface area contributed by atoms with E-state index in [9.17, 15) is 4.79 Å². The monoisotopic (exact) mass is 301 g/mol. The van der Waals surface area contributed by atoms with E-state index in [1.165, 1.54) is 5.69 Å². The molecule has 96 valence electrons. The van der Waals surface area contributed by atoms with Gasteiger partial charge in [0.1, 0.15) is 0 Å². The molecule has 0 N–H and O–H groups in total. The van der Waals surface area contributed by atoms with E-state index in [-0.39, 0.29) is 0 Å². The predicted molar refractivity (Wildman–Crippen MR) is 72.8 cm³/mol. The first-order valence-electron chi connectivity index (χ1n) is 5.91. The van der Waals surface area contributed by atoms with E-state index in [0.717, 1.165) is 35.0 Å². The van der Waals surface area contributed by atoms with Gasteiger partial charge < -0.3 is 9.30 Å². The molecular weight excluding hydrogens is 282 g/mol. The molecule has 4 heteroatoms. The predicted octanol–water partition coefficient (Wildman–Crippen LogP) is 3.53. The molecule has 0 aliphatic rings. The van der Waals surface area contributed by atoms with Crippen LogP contribution >= 0.6 is 15.9 Å². The Hall–Kier alpha value is -0.610. The number of carbonyl (C=O) groups is 1. The standard InChI is InChI=1S/C13H20BrNO2/c1-5-9(2)13-12(14)11(8-16)10(3)15(13)6-7-17-4/h8-9H,5-7H2,1-4H3. The second-order valence-corrected chi connectivity index (χ2v) is 5.06. The van der Waals surface area contributed by atoms with Gasteiger partial charge in [-0.25, -0.2) is 0 Å². The first kappa shape index (κ1) is 14.5. The number of rotatable bonds is 6. The number of halogens is 1. The molecule has 1 aromatic heterocycles. The van der Waals surface area contributed by atoms with Crippen LogP contribution in [0.2, 0.25) is 0 Å². The van der Waals surface area contributed by atoms with Crippen molar-refractivity contribution in [2.45, 2.75) is 39.7 Å². The highest BCUT2D eigenvalue weighted by Crippen LogP contribution is 2.33. The smallest absolute Gasteiger partial charge is 0.153 e. The van der Waals surface area contributed by atoms with Crippen LogP contribution in [0.25, 0.3) is 0 Å². The minimum absolute atomic E-state index is 0.425. The van der Waals surface area contributed by atoms with Crippen molar-refractivity contribution in [1.29, 1.82) is 0 Å². The SMILES string of the molecule is CCC(C)c1c(Br)c(C=O)c(C)n1CCOC. The number of aromatic nitrogens is 1. The third-order valence-corrected chi connectivity index (χ3v) is 4.10. The molecule has 1 rings (SSSR count). The molecule has 1 unspecified atom stereocenters. The minimum atomic E-state index is 0.425. The van der Waals surface area contributed by atoms with Gasteiger partial charge in [-0.05, 0) is 35.2 Å². The first-order valence-corrected chi connectivity index (χ1v) is 6.70. The minimum Gasteiger partial charge on any atom is -0.383 e. The lowest BCUT2D eigenvalue weighted by molar-refractivity contribution is 0.112. The Bertz CT molecular complexity index is 399. The maximum atomic E-state index is 11.1. The lowest BCUT2D eigenvalue weighted by Gasteiger charge is -2.16. The summed E-state index contributed by atoms with van der Waals surface area (Å²) in [6.07, 6.45) is 1.97. The highest BCUT2D eigenvalue weighted by molar-refractivity contribution is 9.10. The number of aldehydes is 1. The summed E-state index contributed by atoms with van der Waals surface area (Å²) in [7, 11) is 1.69. The van der Waals surface area contributed by atoms with Crippen molar-refractivity contribution >= 4 is 22.2 Å². The van der Waals surface area contributed by atoms with Crippen LogP contribution in [-0.4, -0.2) is 24.6 Å². The fourth-order valence-electron chi connectivity index (χ4n) is 2.02. The molecule has 0 bridgehead atoms. The zero-order valence-electron chi connectivity index (χ0n) is 10.9. The second kappa shape index (κ2) is 6.36. The number of ether oxygens (including phenoxy) is 1. The molecule has 17 heavy (non-hydrogen) atoms. The molecule has 0 saturated heterocycles. The van der Waals surface area contributed by atoms with Crippen molar-refractivity contribution < 1.29 is 9.53 Å². The summed E-state index contributed by atoms with van der Waals surface area (Å²) in [6.45, 7) is 7.76. The highest BCUT2D eigenvalue weighted by Gasteiger charge is 2.21. The van der Waals surface area contributed by atoms with Crippen LogP contribution in [0.4, 0.5) is 0 Å². The number of carbonyl (C=O) groups excluding carboxylic acids is 1. The second-order valence-electron chi connectivity index (χ2n) is 4.27. The van der Waals surface area contributed by atoms with Gasteiger partial charge in [0, 0.05) is 35.1 Å². The third-order valence-electron chi connectivity index (χ3n) is 3.26. The topological polar surface area (TPSA) is 31.2 Å². The van der Waals surface area contributed by atoms with Crippen LogP contribution in [0.1, 0.15) is 47.9 Å². The van der Waals surface area contributed by atoms with Crippen molar-refractivity contribution in [2.75, 3.05) is 13.7 Å². The Labute approximate surface area is 111 Å². The summed E-state index contributed by atoms with van der Waals surface area (Å²) in [5.74, 6) is 0.425. The van der Waals surface area contributed by atoms with Gasteiger partial charge in [-0.1, -0.05) is 13.8 Å². The Morgan fingerprint density at radius 2 is 2.18 bits per heavy atom. The largest absolute Gasteiger partial charge is 0.383 e. The normalized spacial score (nSPS) is 12.8. The van der Waals surface area contributed by atoms with E-state index in [4.69, 9.17) is 4.74 Å². The van der Waals surface area contributed by atoms with Crippen LogP contribution in [0, 0.1) is 6.92 Å². The zero-order valence-corrected chi connectivity index (χ0v) is 12.5. The summed E-state index contributed by atoms with van der Waals surface area (Å²) in [6, 6.07) is 0. The van der Waals surface area contributed by atoms with E-state index >= 15 is 0 Å². The molecule has 0 radical (unpaired) electrons. The van der Waals surface area contributed by atoms with Crippen LogP contribution < -0.4 is 0 Å². The number of methoxy groups -OCH3 is 1. The first-order chi connectivity index (χ1) is 8.08. The summed E-state index contributed by atoms with van der Waals surface area (Å²) in [5.41, 5.74) is 2.97. The molecule has 0 aliphatic heterocycles. The van der Waals surface area contributed by atoms with Crippen LogP contribution in [-0.2, 0) is 11.3 Å². The van der Waals surface area contributed by atoms with E-state index in [1.54, 1.807) is 7.11 Å². The van der Waals surface area contributed by atoms with Gasteiger partial charge in [0.15, 0.2) is 6.29 Å². The molecule has 0 fully saturated rings. The molecule has 1 heterocycles.